The van der Waals surface area contributed by atoms with Gasteiger partial charge < -0.3 is 0 Å². The molecule has 16 heavy (non-hydrogen) atoms. The van der Waals surface area contributed by atoms with Crippen LogP contribution >= 0.6 is 0 Å². The maximum Gasteiger partial charge on any atom is 0.230 e. The smallest absolute Gasteiger partial charge is 0.211 e. The zero-order chi connectivity index (χ0) is 12.3. The van der Waals surface area contributed by atoms with Gasteiger partial charge in [0, 0.05) is 13.1 Å². The Hall–Kier alpha value is -0.600. The van der Waals surface area contributed by atoms with Crippen LogP contribution in [0.5, 0.6) is 0 Å². The summed E-state index contributed by atoms with van der Waals surface area (Å²) in [5, 5.41) is 7.96. The van der Waals surface area contributed by atoms with Gasteiger partial charge in [0.2, 0.25) is 10.0 Å². The van der Waals surface area contributed by atoms with E-state index in [4.69, 9.17) is 5.26 Å². The molecule has 2 atom stereocenters. The van der Waals surface area contributed by atoms with Crippen molar-refractivity contribution in [1.29, 1.82) is 5.26 Å². The van der Waals surface area contributed by atoms with Gasteiger partial charge >= 0.3 is 0 Å². The second kappa shape index (κ2) is 5.15. The first-order valence-corrected chi connectivity index (χ1v) is 7.32. The normalized spacial score (nSPS) is 24.6. The van der Waals surface area contributed by atoms with E-state index in [0.717, 1.165) is 6.42 Å². The number of nitriles is 1. The SMILES string of the molecule is CCC(C#N)S(=O)(=O)N1CCC(C(C)C)C1. The van der Waals surface area contributed by atoms with Gasteiger partial charge in [-0.25, -0.2) is 12.7 Å². The molecule has 5 heteroatoms. The minimum absolute atomic E-state index is 0.363. The van der Waals surface area contributed by atoms with Crippen molar-refractivity contribution in [3.05, 3.63) is 0 Å². The van der Waals surface area contributed by atoms with Crippen molar-refractivity contribution in [2.75, 3.05) is 13.1 Å². The van der Waals surface area contributed by atoms with E-state index in [0.29, 0.717) is 31.3 Å². The van der Waals surface area contributed by atoms with Crippen molar-refractivity contribution in [2.45, 2.75) is 38.9 Å². The molecule has 0 bridgehead atoms. The molecule has 1 heterocycles. The van der Waals surface area contributed by atoms with Crippen LogP contribution in [-0.4, -0.2) is 31.1 Å². The highest BCUT2D eigenvalue weighted by Gasteiger charge is 2.36. The largest absolute Gasteiger partial charge is 0.230 e. The Balaban J connectivity index is 2.77. The van der Waals surface area contributed by atoms with E-state index < -0.39 is 15.3 Å². The van der Waals surface area contributed by atoms with Crippen molar-refractivity contribution < 1.29 is 8.42 Å². The zero-order valence-electron chi connectivity index (χ0n) is 10.2. The number of nitrogens with zero attached hydrogens (tertiary/aromatic N) is 2. The van der Waals surface area contributed by atoms with Gasteiger partial charge in [0.15, 0.2) is 5.25 Å². The van der Waals surface area contributed by atoms with Gasteiger partial charge in [0.25, 0.3) is 0 Å². The van der Waals surface area contributed by atoms with Gasteiger partial charge in [-0.05, 0) is 24.7 Å². The Kier molecular flexibility index (Phi) is 4.34. The monoisotopic (exact) mass is 244 g/mol. The lowest BCUT2D eigenvalue weighted by Crippen LogP contribution is -2.36. The summed E-state index contributed by atoms with van der Waals surface area (Å²) in [5.74, 6) is 0.938. The molecule has 0 radical (unpaired) electrons. The molecule has 0 aromatic carbocycles. The predicted molar refractivity (Wildman–Crippen MR) is 63.1 cm³/mol. The third kappa shape index (κ3) is 2.55. The van der Waals surface area contributed by atoms with Crippen LogP contribution in [0.25, 0.3) is 0 Å². The standard InChI is InChI=1S/C11H20N2O2S/c1-4-11(7-12)16(14,15)13-6-5-10(8-13)9(2)3/h9-11H,4-6,8H2,1-3H3. The minimum Gasteiger partial charge on any atom is -0.211 e. The van der Waals surface area contributed by atoms with Crippen LogP contribution in [0.15, 0.2) is 0 Å². The number of sulfonamides is 1. The highest BCUT2D eigenvalue weighted by molar-refractivity contribution is 7.90. The number of hydrogen-bond donors (Lipinski definition) is 0. The molecular formula is C11H20N2O2S. The van der Waals surface area contributed by atoms with Crippen LogP contribution in [0.1, 0.15) is 33.6 Å². The molecule has 2 unspecified atom stereocenters. The second-order valence-corrected chi connectivity index (χ2v) is 6.84. The number of hydrogen-bond acceptors (Lipinski definition) is 3. The van der Waals surface area contributed by atoms with Crippen LogP contribution in [0.3, 0.4) is 0 Å². The van der Waals surface area contributed by atoms with E-state index in [1.807, 2.05) is 6.07 Å². The van der Waals surface area contributed by atoms with Gasteiger partial charge in [-0.15, -0.1) is 0 Å². The third-order valence-corrected chi connectivity index (χ3v) is 5.57. The summed E-state index contributed by atoms with van der Waals surface area (Å²) >= 11 is 0. The lowest BCUT2D eigenvalue weighted by Gasteiger charge is -2.20. The van der Waals surface area contributed by atoms with Gasteiger partial charge in [0.05, 0.1) is 6.07 Å². The molecule has 0 aliphatic carbocycles. The summed E-state index contributed by atoms with van der Waals surface area (Å²) in [4.78, 5) is 0. The fourth-order valence-electron chi connectivity index (χ4n) is 2.08. The molecule has 4 nitrogen and oxygen atoms in total. The van der Waals surface area contributed by atoms with Gasteiger partial charge in [0.1, 0.15) is 0 Å². The quantitative estimate of drug-likeness (QED) is 0.754. The summed E-state index contributed by atoms with van der Waals surface area (Å²) in [7, 11) is -3.40. The topological polar surface area (TPSA) is 61.2 Å². The van der Waals surface area contributed by atoms with Crippen LogP contribution in [0.4, 0.5) is 0 Å². The summed E-state index contributed by atoms with van der Waals surface area (Å²) in [6, 6.07) is 1.88. The summed E-state index contributed by atoms with van der Waals surface area (Å²) in [6.07, 6.45) is 1.28. The fourth-order valence-corrected chi connectivity index (χ4v) is 3.75. The molecule has 92 valence electrons. The van der Waals surface area contributed by atoms with Crippen LogP contribution in [0, 0.1) is 23.2 Å². The predicted octanol–water partition coefficient (Wildman–Crippen LogP) is 1.60. The molecule has 0 amide bonds. The molecule has 0 spiro atoms. The van der Waals surface area contributed by atoms with Crippen molar-refractivity contribution in [3.8, 4) is 6.07 Å². The molecule has 0 aromatic heterocycles. The van der Waals surface area contributed by atoms with Gasteiger partial charge in [-0.1, -0.05) is 20.8 Å². The van der Waals surface area contributed by atoms with E-state index in [1.165, 1.54) is 4.31 Å². The first-order valence-electron chi connectivity index (χ1n) is 5.82. The van der Waals surface area contributed by atoms with Gasteiger partial charge in [-0.3, -0.25) is 0 Å². The molecule has 1 aliphatic heterocycles. The fraction of sp³-hybridized carbons (Fsp3) is 0.909. The zero-order valence-corrected chi connectivity index (χ0v) is 11.0. The molecule has 0 N–H and O–H groups in total. The molecular weight excluding hydrogens is 224 g/mol. The molecule has 0 aromatic rings. The Morgan fingerprint density at radius 1 is 1.50 bits per heavy atom. The first-order chi connectivity index (χ1) is 7.43. The van der Waals surface area contributed by atoms with Crippen molar-refractivity contribution in [2.24, 2.45) is 11.8 Å². The Morgan fingerprint density at radius 2 is 2.12 bits per heavy atom. The summed E-state index contributed by atoms with van der Waals surface area (Å²) < 4.78 is 25.6. The Labute approximate surface area is 98.3 Å². The minimum atomic E-state index is -3.40. The van der Waals surface area contributed by atoms with E-state index in [9.17, 15) is 8.42 Å². The highest BCUT2D eigenvalue weighted by Crippen LogP contribution is 2.27. The second-order valence-electron chi connectivity index (χ2n) is 4.72. The lowest BCUT2D eigenvalue weighted by atomic mass is 9.96. The van der Waals surface area contributed by atoms with E-state index >= 15 is 0 Å². The van der Waals surface area contributed by atoms with E-state index in [-0.39, 0.29) is 0 Å². The molecule has 1 rings (SSSR count). The van der Waals surface area contributed by atoms with Crippen LogP contribution < -0.4 is 0 Å². The van der Waals surface area contributed by atoms with E-state index in [2.05, 4.69) is 13.8 Å². The number of rotatable bonds is 4. The Bertz CT molecular complexity index is 370. The molecule has 1 fully saturated rings. The lowest BCUT2D eigenvalue weighted by molar-refractivity contribution is 0.387. The summed E-state index contributed by atoms with van der Waals surface area (Å²) in [5.41, 5.74) is 0. The van der Waals surface area contributed by atoms with Crippen LogP contribution in [0.2, 0.25) is 0 Å². The van der Waals surface area contributed by atoms with Crippen molar-refractivity contribution in [1.82, 2.24) is 4.31 Å². The molecule has 1 saturated heterocycles. The highest BCUT2D eigenvalue weighted by atomic mass is 32.2. The average molecular weight is 244 g/mol. The van der Waals surface area contributed by atoms with Crippen molar-refractivity contribution >= 4 is 10.0 Å². The van der Waals surface area contributed by atoms with E-state index in [1.54, 1.807) is 6.92 Å². The molecule has 1 aliphatic rings. The maximum atomic E-state index is 12.1. The van der Waals surface area contributed by atoms with Gasteiger partial charge in [-0.2, -0.15) is 5.26 Å². The third-order valence-electron chi connectivity index (χ3n) is 3.36. The summed E-state index contributed by atoms with van der Waals surface area (Å²) in [6.45, 7) is 7.12. The first kappa shape index (κ1) is 13.5. The maximum absolute atomic E-state index is 12.1. The average Bonchev–Trinajstić information content (AvgIpc) is 2.68. The van der Waals surface area contributed by atoms with Crippen LogP contribution in [-0.2, 0) is 10.0 Å². The molecule has 0 saturated carbocycles. The Morgan fingerprint density at radius 3 is 2.50 bits per heavy atom. The van der Waals surface area contributed by atoms with Crippen molar-refractivity contribution in [3.63, 3.8) is 0 Å².